The quantitative estimate of drug-likeness (QED) is 0.397. The molecule has 1 heterocycles. The van der Waals surface area contributed by atoms with Gasteiger partial charge in [-0.05, 0) is 30.7 Å². The Labute approximate surface area is 155 Å². The van der Waals surface area contributed by atoms with Crippen LogP contribution in [-0.2, 0) is 11.2 Å². The van der Waals surface area contributed by atoms with Crippen LogP contribution in [0.4, 0.5) is 5.69 Å². The van der Waals surface area contributed by atoms with Crippen LogP contribution in [0.2, 0.25) is 0 Å². The van der Waals surface area contributed by atoms with E-state index in [9.17, 15) is 14.9 Å². The largest absolute Gasteiger partial charge is 0.497 e. The van der Waals surface area contributed by atoms with E-state index in [0.717, 1.165) is 22.2 Å². The number of methoxy groups -OCH3 is 1. The van der Waals surface area contributed by atoms with Crippen molar-refractivity contribution >= 4 is 28.7 Å². The second-order valence-corrected chi connectivity index (χ2v) is 5.96. The summed E-state index contributed by atoms with van der Waals surface area (Å²) in [5.74, 6) is 0.426. The number of nitro benzene ring substituents is 1. The third-order valence-corrected chi connectivity index (χ3v) is 4.15. The minimum atomic E-state index is -0.482. The molecule has 0 fully saturated rings. The molecule has 2 aromatic carbocycles. The number of rotatable bonds is 6. The number of carbonyl (C=O) groups is 1. The number of aromatic nitrogens is 1. The topological polar surface area (TPSA) is 110 Å². The number of nitrogens with one attached hydrogen (secondary N) is 2. The molecule has 1 amide bonds. The molecule has 0 atom stereocenters. The number of carbonyl (C=O) groups excluding carboxylic acids is 1. The van der Waals surface area contributed by atoms with Gasteiger partial charge in [0, 0.05) is 34.3 Å². The van der Waals surface area contributed by atoms with Crippen molar-refractivity contribution in [3.05, 3.63) is 69.4 Å². The number of non-ortho nitro benzene ring substituents is 1. The Hall–Kier alpha value is -3.68. The second-order valence-electron chi connectivity index (χ2n) is 5.96. The molecule has 3 rings (SSSR count). The van der Waals surface area contributed by atoms with Gasteiger partial charge >= 0.3 is 0 Å². The molecule has 0 aliphatic carbocycles. The number of hydrogen-bond donors (Lipinski definition) is 2. The molecule has 1 aromatic heterocycles. The summed E-state index contributed by atoms with van der Waals surface area (Å²) in [5.41, 5.74) is 5.64. The van der Waals surface area contributed by atoms with Crippen molar-refractivity contribution in [2.75, 3.05) is 7.11 Å². The number of H-pyrrole nitrogens is 1. The van der Waals surface area contributed by atoms with E-state index < -0.39 is 4.92 Å². The van der Waals surface area contributed by atoms with Gasteiger partial charge in [-0.25, -0.2) is 5.43 Å². The second kappa shape index (κ2) is 7.69. The monoisotopic (exact) mass is 366 g/mol. The van der Waals surface area contributed by atoms with E-state index in [1.807, 2.05) is 25.1 Å². The van der Waals surface area contributed by atoms with Crippen LogP contribution in [0.5, 0.6) is 5.75 Å². The number of ether oxygens (including phenoxy) is 1. The summed E-state index contributed by atoms with van der Waals surface area (Å²) in [5, 5.41) is 15.6. The Balaban J connectivity index is 1.71. The summed E-state index contributed by atoms with van der Waals surface area (Å²) in [6.45, 7) is 1.90. The highest BCUT2D eigenvalue weighted by molar-refractivity contribution is 5.91. The average Bonchev–Trinajstić information content (AvgIpc) is 2.96. The molecule has 0 saturated heterocycles. The van der Waals surface area contributed by atoms with Crippen LogP contribution in [0.3, 0.4) is 0 Å². The maximum atomic E-state index is 12.2. The van der Waals surface area contributed by atoms with E-state index in [-0.39, 0.29) is 18.0 Å². The lowest BCUT2D eigenvalue weighted by Gasteiger charge is -2.03. The molecule has 27 heavy (non-hydrogen) atoms. The zero-order chi connectivity index (χ0) is 19.4. The molecule has 3 aromatic rings. The van der Waals surface area contributed by atoms with Crippen LogP contribution >= 0.6 is 0 Å². The lowest BCUT2D eigenvalue weighted by Crippen LogP contribution is -2.20. The lowest BCUT2D eigenvalue weighted by molar-refractivity contribution is -0.384. The fourth-order valence-electron chi connectivity index (χ4n) is 2.81. The third kappa shape index (κ3) is 4.12. The average molecular weight is 366 g/mol. The van der Waals surface area contributed by atoms with E-state index in [1.54, 1.807) is 19.2 Å². The number of nitrogens with zero attached hydrogens (tertiary/aromatic N) is 2. The number of aryl methyl sites for hydroxylation is 1. The highest BCUT2D eigenvalue weighted by Gasteiger charge is 2.13. The fraction of sp³-hybridized carbons (Fsp3) is 0.158. The number of aromatic amines is 1. The van der Waals surface area contributed by atoms with Crippen molar-refractivity contribution in [1.29, 1.82) is 0 Å². The Morgan fingerprint density at radius 1 is 1.33 bits per heavy atom. The summed E-state index contributed by atoms with van der Waals surface area (Å²) in [4.78, 5) is 25.8. The predicted molar refractivity (Wildman–Crippen MR) is 102 cm³/mol. The van der Waals surface area contributed by atoms with Crippen molar-refractivity contribution in [3.8, 4) is 5.75 Å². The van der Waals surface area contributed by atoms with Crippen LogP contribution in [0.15, 0.2) is 47.6 Å². The maximum absolute atomic E-state index is 12.2. The zero-order valence-corrected chi connectivity index (χ0v) is 14.9. The Kier molecular flexibility index (Phi) is 5.16. The van der Waals surface area contributed by atoms with Gasteiger partial charge in [-0.1, -0.05) is 12.1 Å². The molecule has 2 N–H and O–H groups in total. The Morgan fingerprint density at radius 2 is 2.15 bits per heavy atom. The highest BCUT2D eigenvalue weighted by Crippen LogP contribution is 2.26. The number of nitro groups is 1. The molecule has 138 valence electrons. The minimum absolute atomic E-state index is 0.0337. The van der Waals surface area contributed by atoms with Gasteiger partial charge in [-0.2, -0.15) is 5.10 Å². The van der Waals surface area contributed by atoms with E-state index in [2.05, 4.69) is 15.5 Å². The number of benzene rings is 2. The minimum Gasteiger partial charge on any atom is -0.497 e. The van der Waals surface area contributed by atoms with Crippen molar-refractivity contribution < 1.29 is 14.5 Å². The summed E-state index contributed by atoms with van der Waals surface area (Å²) in [6.07, 6.45) is 1.52. The van der Waals surface area contributed by atoms with Crippen molar-refractivity contribution in [2.24, 2.45) is 5.10 Å². The lowest BCUT2D eigenvalue weighted by atomic mass is 10.1. The molecule has 8 nitrogen and oxygen atoms in total. The Bertz CT molecular complexity index is 1040. The van der Waals surface area contributed by atoms with Crippen LogP contribution in [0.1, 0.15) is 16.8 Å². The van der Waals surface area contributed by atoms with Gasteiger partial charge in [0.15, 0.2) is 0 Å². The van der Waals surface area contributed by atoms with E-state index >= 15 is 0 Å². The molecular formula is C19H18N4O4. The van der Waals surface area contributed by atoms with E-state index in [0.29, 0.717) is 11.3 Å². The summed E-state index contributed by atoms with van der Waals surface area (Å²) in [6, 6.07) is 11.6. The molecule has 0 saturated carbocycles. The normalized spacial score (nSPS) is 11.0. The number of hydrogen-bond acceptors (Lipinski definition) is 5. The fourth-order valence-corrected chi connectivity index (χ4v) is 2.81. The summed E-state index contributed by atoms with van der Waals surface area (Å²) < 4.78 is 5.25. The molecule has 0 spiro atoms. The van der Waals surface area contributed by atoms with Gasteiger partial charge in [0.2, 0.25) is 5.91 Å². The van der Waals surface area contributed by atoms with Gasteiger partial charge < -0.3 is 9.72 Å². The molecule has 0 radical (unpaired) electrons. The van der Waals surface area contributed by atoms with Crippen LogP contribution in [0.25, 0.3) is 10.9 Å². The van der Waals surface area contributed by atoms with Gasteiger partial charge in [-0.15, -0.1) is 0 Å². The van der Waals surface area contributed by atoms with Crippen molar-refractivity contribution in [2.45, 2.75) is 13.3 Å². The van der Waals surface area contributed by atoms with Gasteiger partial charge in [-0.3, -0.25) is 14.9 Å². The first kappa shape index (κ1) is 18.1. The highest BCUT2D eigenvalue weighted by atomic mass is 16.6. The summed E-state index contributed by atoms with van der Waals surface area (Å²) >= 11 is 0. The molecule has 0 aliphatic heterocycles. The molecule has 0 unspecified atom stereocenters. The summed E-state index contributed by atoms with van der Waals surface area (Å²) in [7, 11) is 1.59. The Morgan fingerprint density at radius 3 is 2.89 bits per heavy atom. The first-order chi connectivity index (χ1) is 13.0. The van der Waals surface area contributed by atoms with Crippen molar-refractivity contribution in [1.82, 2.24) is 10.4 Å². The number of hydrazone groups is 1. The molecular weight excluding hydrogens is 348 g/mol. The zero-order valence-electron chi connectivity index (χ0n) is 14.9. The maximum Gasteiger partial charge on any atom is 0.270 e. The predicted octanol–water partition coefficient (Wildman–Crippen LogP) is 3.09. The SMILES string of the molecule is COc1ccc2[nH]c(C)c(CC(=O)NN=Cc3cccc([N+](=O)[O-])c3)c2c1. The smallest absolute Gasteiger partial charge is 0.270 e. The van der Waals surface area contributed by atoms with Gasteiger partial charge in [0.05, 0.1) is 24.7 Å². The van der Waals surface area contributed by atoms with Crippen LogP contribution in [0, 0.1) is 17.0 Å². The van der Waals surface area contributed by atoms with Gasteiger partial charge in [0.25, 0.3) is 5.69 Å². The number of fused-ring (bicyclic) bond motifs is 1. The molecule has 8 heteroatoms. The molecule has 0 aliphatic rings. The third-order valence-electron chi connectivity index (χ3n) is 4.15. The van der Waals surface area contributed by atoms with Crippen LogP contribution in [-0.4, -0.2) is 29.1 Å². The van der Waals surface area contributed by atoms with Crippen molar-refractivity contribution in [3.63, 3.8) is 0 Å². The van der Waals surface area contributed by atoms with Crippen LogP contribution < -0.4 is 10.2 Å². The standard InChI is InChI=1S/C19H18N4O4/c1-12-16(17-9-15(27-2)6-7-18(17)21-12)10-19(24)22-20-11-13-4-3-5-14(8-13)23(25)26/h3-9,11,21H,10H2,1-2H3,(H,22,24). The molecule has 0 bridgehead atoms. The first-order valence-corrected chi connectivity index (χ1v) is 8.19. The van der Waals surface area contributed by atoms with E-state index in [1.165, 1.54) is 18.3 Å². The van der Waals surface area contributed by atoms with E-state index in [4.69, 9.17) is 4.74 Å². The number of amides is 1. The van der Waals surface area contributed by atoms with Gasteiger partial charge in [0.1, 0.15) is 5.75 Å². The first-order valence-electron chi connectivity index (χ1n) is 8.19.